The van der Waals surface area contributed by atoms with E-state index in [9.17, 15) is 9.59 Å². The minimum absolute atomic E-state index is 0.00449. The molecule has 66 valence electrons. The van der Waals surface area contributed by atoms with Crippen LogP contribution in [0.5, 0.6) is 0 Å². The molecule has 4 nitrogen and oxygen atoms in total. The third kappa shape index (κ3) is 1.79. The predicted octanol–water partition coefficient (Wildman–Crippen LogP) is 0.252. The topological polar surface area (TPSA) is 55.4 Å². The number of thioether (sulfide) groups is 1. The largest absolute Gasteiger partial charge is 0.464 e. The smallest absolute Gasteiger partial charge is 0.354 e. The van der Waals surface area contributed by atoms with E-state index in [1.807, 2.05) is 0 Å². The van der Waals surface area contributed by atoms with Gasteiger partial charge in [-0.1, -0.05) is 11.8 Å². The van der Waals surface area contributed by atoms with Crippen LogP contribution in [0, 0.1) is 0 Å². The molecule has 0 aromatic carbocycles. The summed E-state index contributed by atoms with van der Waals surface area (Å²) in [5.74, 6) is -0.443. The highest BCUT2D eigenvalue weighted by Gasteiger charge is 2.24. The van der Waals surface area contributed by atoms with Crippen LogP contribution in [0.2, 0.25) is 0 Å². The Kier molecular flexibility index (Phi) is 2.75. The van der Waals surface area contributed by atoms with E-state index in [1.165, 1.54) is 25.8 Å². The van der Waals surface area contributed by atoms with Gasteiger partial charge in [0.15, 0.2) is 5.78 Å². The van der Waals surface area contributed by atoms with E-state index < -0.39 is 5.97 Å². The lowest BCUT2D eigenvalue weighted by Gasteiger charge is -2.06. The van der Waals surface area contributed by atoms with E-state index >= 15 is 0 Å². The van der Waals surface area contributed by atoms with Gasteiger partial charge in [-0.3, -0.25) is 4.79 Å². The van der Waals surface area contributed by atoms with Gasteiger partial charge in [0.1, 0.15) is 11.1 Å². The average molecular weight is 187 g/mol. The van der Waals surface area contributed by atoms with E-state index in [2.05, 4.69) is 10.1 Å². The molecule has 1 aliphatic rings. The van der Waals surface area contributed by atoms with Crippen molar-refractivity contribution in [3.05, 3.63) is 11.1 Å². The minimum atomic E-state index is -0.439. The maximum absolute atomic E-state index is 10.9. The van der Waals surface area contributed by atoms with Gasteiger partial charge in [-0.15, -0.1) is 0 Å². The third-order valence-corrected chi connectivity index (χ3v) is 2.48. The quantitative estimate of drug-likeness (QED) is 0.628. The summed E-state index contributed by atoms with van der Waals surface area (Å²) in [7, 11) is 1.30. The lowest BCUT2D eigenvalue weighted by atomic mass is 10.4. The summed E-state index contributed by atoms with van der Waals surface area (Å²) in [6.45, 7) is 1.47. The first-order chi connectivity index (χ1) is 5.65. The van der Waals surface area contributed by atoms with Crippen molar-refractivity contribution in [2.24, 2.45) is 0 Å². The average Bonchev–Trinajstić information content (AvgIpc) is 2.51. The van der Waals surface area contributed by atoms with Gasteiger partial charge < -0.3 is 10.1 Å². The molecule has 1 N–H and O–H groups in total. The molecular formula is C7H9NO3S. The van der Waals surface area contributed by atoms with Crippen LogP contribution in [0.25, 0.3) is 0 Å². The predicted molar refractivity (Wildman–Crippen MR) is 45.3 cm³/mol. The van der Waals surface area contributed by atoms with E-state index in [-0.39, 0.29) is 11.2 Å². The molecule has 0 bridgehead atoms. The number of hydrogen-bond acceptors (Lipinski definition) is 5. The standard InChI is InChI=1S/C7H9NO3S/c1-4(9)6-8-5(3-12-6)7(10)11-2/h3,6,8H,1-2H3. The minimum Gasteiger partial charge on any atom is -0.464 e. The maximum Gasteiger partial charge on any atom is 0.354 e. The van der Waals surface area contributed by atoms with Crippen molar-refractivity contribution in [2.75, 3.05) is 7.11 Å². The molecule has 0 saturated carbocycles. The van der Waals surface area contributed by atoms with Gasteiger partial charge in [-0.2, -0.15) is 0 Å². The van der Waals surface area contributed by atoms with Gasteiger partial charge in [0.25, 0.3) is 0 Å². The van der Waals surface area contributed by atoms with Crippen molar-refractivity contribution in [1.29, 1.82) is 0 Å². The molecule has 0 fully saturated rings. The number of ketones is 1. The molecule has 0 saturated heterocycles. The highest BCUT2D eigenvalue weighted by molar-refractivity contribution is 8.03. The lowest BCUT2D eigenvalue weighted by molar-refractivity contribution is -0.136. The number of hydrogen-bond donors (Lipinski definition) is 1. The Morgan fingerprint density at radius 1 is 1.67 bits per heavy atom. The summed E-state index contributed by atoms with van der Waals surface area (Å²) in [5, 5.41) is 4.00. The molecule has 0 aliphatic carbocycles. The van der Waals surface area contributed by atoms with Gasteiger partial charge in [0.2, 0.25) is 0 Å². The molecule has 1 rings (SSSR count). The Morgan fingerprint density at radius 3 is 2.75 bits per heavy atom. The molecule has 1 aliphatic heterocycles. The summed E-state index contributed by atoms with van der Waals surface area (Å²) in [5.41, 5.74) is 0.350. The molecule has 12 heavy (non-hydrogen) atoms. The van der Waals surface area contributed by atoms with Gasteiger partial charge in [0.05, 0.1) is 7.11 Å². The summed E-state index contributed by atoms with van der Waals surface area (Å²) >= 11 is 1.28. The molecule has 0 amide bonds. The monoisotopic (exact) mass is 187 g/mol. The summed E-state index contributed by atoms with van der Waals surface area (Å²) in [6.07, 6.45) is 0. The van der Waals surface area contributed by atoms with E-state index in [1.54, 1.807) is 5.41 Å². The lowest BCUT2D eigenvalue weighted by Crippen LogP contribution is -2.30. The third-order valence-electron chi connectivity index (χ3n) is 1.38. The number of methoxy groups -OCH3 is 1. The second-order valence-corrected chi connectivity index (χ2v) is 3.27. The van der Waals surface area contributed by atoms with Crippen LogP contribution >= 0.6 is 11.8 Å². The molecule has 1 atom stereocenters. The van der Waals surface area contributed by atoms with Crippen LogP contribution in [-0.2, 0) is 14.3 Å². The fourth-order valence-corrected chi connectivity index (χ4v) is 1.58. The molecule has 0 radical (unpaired) electrons. The van der Waals surface area contributed by atoms with Crippen molar-refractivity contribution in [3.63, 3.8) is 0 Å². The Hall–Kier alpha value is -0.970. The first-order valence-corrected chi connectivity index (χ1v) is 4.30. The van der Waals surface area contributed by atoms with Crippen LogP contribution < -0.4 is 5.32 Å². The van der Waals surface area contributed by atoms with Crippen molar-refractivity contribution in [1.82, 2.24) is 5.32 Å². The SMILES string of the molecule is COC(=O)C1=CSC(C(C)=O)N1. The van der Waals surface area contributed by atoms with Crippen LogP contribution in [0.15, 0.2) is 11.1 Å². The van der Waals surface area contributed by atoms with Crippen LogP contribution in [-0.4, -0.2) is 24.2 Å². The fourth-order valence-electron chi connectivity index (χ4n) is 0.760. The van der Waals surface area contributed by atoms with E-state index in [0.29, 0.717) is 5.70 Å². The van der Waals surface area contributed by atoms with Crippen LogP contribution in [0.1, 0.15) is 6.92 Å². The molecule has 1 heterocycles. The summed E-state index contributed by atoms with van der Waals surface area (Å²) < 4.78 is 4.47. The van der Waals surface area contributed by atoms with Crippen molar-refractivity contribution in [3.8, 4) is 0 Å². The maximum atomic E-state index is 10.9. The van der Waals surface area contributed by atoms with E-state index in [0.717, 1.165) is 0 Å². The van der Waals surface area contributed by atoms with Gasteiger partial charge >= 0.3 is 5.97 Å². The van der Waals surface area contributed by atoms with E-state index in [4.69, 9.17) is 0 Å². The number of nitrogens with one attached hydrogen (secondary N) is 1. The van der Waals surface area contributed by atoms with Gasteiger partial charge in [-0.25, -0.2) is 4.79 Å². The molecule has 0 aromatic heterocycles. The fraction of sp³-hybridized carbons (Fsp3) is 0.429. The Labute approximate surface area is 74.3 Å². The Morgan fingerprint density at radius 2 is 2.33 bits per heavy atom. The summed E-state index contributed by atoms with van der Waals surface area (Å²) in [4.78, 5) is 21.7. The molecular weight excluding hydrogens is 178 g/mol. The second kappa shape index (κ2) is 3.62. The molecule has 0 spiro atoms. The Bertz CT molecular complexity index is 249. The van der Waals surface area contributed by atoms with Crippen molar-refractivity contribution >= 4 is 23.5 Å². The van der Waals surface area contributed by atoms with Crippen molar-refractivity contribution in [2.45, 2.75) is 12.3 Å². The number of esters is 1. The molecule has 1 unspecified atom stereocenters. The van der Waals surface area contributed by atoms with Crippen LogP contribution in [0.3, 0.4) is 0 Å². The zero-order valence-corrected chi connectivity index (χ0v) is 7.60. The number of carbonyl (C=O) groups excluding carboxylic acids is 2. The molecule has 5 heteroatoms. The number of ether oxygens (including phenoxy) is 1. The molecule has 0 aromatic rings. The number of rotatable bonds is 2. The second-order valence-electron chi connectivity index (χ2n) is 2.29. The highest BCUT2D eigenvalue weighted by atomic mass is 32.2. The Balaban J connectivity index is 2.54. The van der Waals surface area contributed by atoms with Gasteiger partial charge in [-0.05, 0) is 6.92 Å². The first-order valence-electron chi connectivity index (χ1n) is 3.36. The summed E-state index contributed by atoms with van der Waals surface area (Å²) in [6, 6.07) is 0. The van der Waals surface area contributed by atoms with Gasteiger partial charge in [0, 0.05) is 5.41 Å². The normalized spacial score (nSPS) is 21.2. The zero-order valence-electron chi connectivity index (χ0n) is 6.79. The number of carbonyl (C=O) groups is 2. The first kappa shape index (κ1) is 9.12. The van der Waals surface area contributed by atoms with Crippen LogP contribution in [0.4, 0.5) is 0 Å². The van der Waals surface area contributed by atoms with Crippen molar-refractivity contribution < 1.29 is 14.3 Å². The zero-order chi connectivity index (χ0) is 9.14. The number of Topliss-reactive ketones (excluding diaryl/α,β-unsaturated/α-hetero) is 1. The highest BCUT2D eigenvalue weighted by Crippen LogP contribution is 2.21.